The summed E-state index contributed by atoms with van der Waals surface area (Å²) in [6, 6.07) is 11.2. The molecular weight excluding hydrogens is 308 g/mol. The van der Waals surface area contributed by atoms with Gasteiger partial charge in [-0.2, -0.15) is 0 Å². The largest absolute Gasteiger partial charge is 0.496 e. The van der Waals surface area contributed by atoms with Crippen molar-refractivity contribution < 1.29 is 9.53 Å². The van der Waals surface area contributed by atoms with Crippen molar-refractivity contribution in [2.75, 3.05) is 12.4 Å². The van der Waals surface area contributed by atoms with Gasteiger partial charge in [-0.05, 0) is 55.3 Å². The Hall–Kier alpha value is -2.40. The third-order valence-corrected chi connectivity index (χ3v) is 4.81. The first kappa shape index (κ1) is 15.5. The summed E-state index contributed by atoms with van der Waals surface area (Å²) < 4.78 is 6.31. The molecule has 0 aliphatic rings. The molecule has 1 aromatic heterocycles. The van der Waals surface area contributed by atoms with Crippen LogP contribution < -0.4 is 10.1 Å². The fraction of sp³-hybridized carbons (Fsp3) is 0.222. The van der Waals surface area contributed by atoms with Crippen LogP contribution in [0.5, 0.6) is 5.75 Å². The molecule has 118 valence electrons. The molecule has 0 spiro atoms. The number of aryl methyl sites for hydroxylation is 2. The van der Waals surface area contributed by atoms with Gasteiger partial charge in [0.25, 0.3) is 5.91 Å². The van der Waals surface area contributed by atoms with Crippen molar-refractivity contribution in [3.8, 4) is 5.75 Å². The maximum absolute atomic E-state index is 12.4. The minimum Gasteiger partial charge on any atom is -0.496 e. The van der Waals surface area contributed by atoms with Gasteiger partial charge in [-0.1, -0.05) is 6.92 Å². The molecule has 1 heterocycles. The molecule has 3 aromatic rings. The molecule has 3 rings (SSSR count). The average Bonchev–Trinajstić information content (AvgIpc) is 2.97. The molecule has 0 aliphatic carbocycles. The maximum atomic E-state index is 12.4. The molecular formula is C18H18N2O2S. The predicted octanol–water partition coefficient (Wildman–Crippen LogP) is 4.43. The SMILES string of the molecule is CCc1nc2ccc(NC(=O)c3ccc(OC)c(C)c3)cc2s1. The van der Waals surface area contributed by atoms with Crippen molar-refractivity contribution in [2.45, 2.75) is 20.3 Å². The van der Waals surface area contributed by atoms with Crippen molar-refractivity contribution in [3.05, 3.63) is 52.5 Å². The van der Waals surface area contributed by atoms with Crippen molar-refractivity contribution in [3.63, 3.8) is 0 Å². The Kier molecular flexibility index (Phi) is 4.30. The van der Waals surface area contributed by atoms with Crippen molar-refractivity contribution in [1.82, 2.24) is 4.98 Å². The number of nitrogens with one attached hydrogen (secondary N) is 1. The smallest absolute Gasteiger partial charge is 0.255 e. The summed E-state index contributed by atoms with van der Waals surface area (Å²) in [5, 5.41) is 4.05. The predicted molar refractivity (Wildman–Crippen MR) is 94.7 cm³/mol. The highest BCUT2D eigenvalue weighted by atomic mass is 32.1. The number of rotatable bonds is 4. The van der Waals surface area contributed by atoms with E-state index in [0.29, 0.717) is 5.56 Å². The first-order chi connectivity index (χ1) is 11.1. The number of hydrogen-bond acceptors (Lipinski definition) is 4. The summed E-state index contributed by atoms with van der Waals surface area (Å²) in [6.45, 7) is 4.01. The lowest BCUT2D eigenvalue weighted by molar-refractivity contribution is 0.102. The van der Waals surface area contributed by atoms with Crippen LogP contribution in [0.25, 0.3) is 10.2 Å². The van der Waals surface area contributed by atoms with Gasteiger partial charge in [0.15, 0.2) is 0 Å². The Morgan fingerprint density at radius 2 is 2.09 bits per heavy atom. The normalized spacial score (nSPS) is 10.7. The number of ether oxygens (including phenoxy) is 1. The lowest BCUT2D eigenvalue weighted by Crippen LogP contribution is -2.12. The molecule has 4 nitrogen and oxygen atoms in total. The van der Waals surface area contributed by atoms with Gasteiger partial charge < -0.3 is 10.1 Å². The molecule has 0 radical (unpaired) electrons. The molecule has 0 fully saturated rings. The third-order valence-electron chi connectivity index (χ3n) is 3.65. The molecule has 1 amide bonds. The average molecular weight is 326 g/mol. The van der Waals surface area contributed by atoms with Gasteiger partial charge in [0.2, 0.25) is 0 Å². The lowest BCUT2D eigenvalue weighted by Gasteiger charge is -2.08. The van der Waals surface area contributed by atoms with Crippen LogP contribution in [0.3, 0.4) is 0 Å². The summed E-state index contributed by atoms with van der Waals surface area (Å²) >= 11 is 1.66. The van der Waals surface area contributed by atoms with E-state index in [-0.39, 0.29) is 5.91 Å². The van der Waals surface area contributed by atoms with Crippen LogP contribution in [0.4, 0.5) is 5.69 Å². The summed E-state index contributed by atoms with van der Waals surface area (Å²) in [5.74, 6) is 0.648. The number of nitrogens with zero attached hydrogens (tertiary/aromatic N) is 1. The van der Waals surface area contributed by atoms with Crippen LogP contribution >= 0.6 is 11.3 Å². The first-order valence-electron chi connectivity index (χ1n) is 7.46. The second kappa shape index (κ2) is 6.38. The van der Waals surface area contributed by atoms with E-state index >= 15 is 0 Å². The minimum atomic E-state index is -0.129. The zero-order valence-corrected chi connectivity index (χ0v) is 14.2. The highest BCUT2D eigenvalue weighted by molar-refractivity contribution is 7.18. The van der Waals surface area contributed by atoms with Gasteiger partial charge in [0.05, 0.1) is 22.3 Å². The molecule has 0 aliphatic heterocycles. The highest BCUT2D eigenvalue weighted by Gasteiger charge is 2.10. The van der Waals surface area contributed by atoms with E-state index in [2.05, 4.69) is 17.2 Å². The van der Waals surface area contributed by atoms with Gasteiger partial charge in [0, 0.05) is 11.3 Å². The zero-order valence-electron chi connectivity index (χ0n) is 13.3. The number of hydrogen-bond donors (Lipinski definition) is 1. The van der Waals surface area contributed by atoms with Gasteiger partial charge >= 0.3 is 0 Å². The summed E-state index contributed by atoms with van der Waals surface area (Å²) in [6.07, 6.45) is 0.923. The quantitative estimate of drug-likeness (QED) is 0.772. The van der Waals surface area contributed by atoms with E-state index < -0.39 is 0 Å². The number of fused-ring (bicyclic) bond motifs is 1. The molecule has 5 heteroatoms. The molecule has 0 saturated carbocycles. The standard InChI is InChI=1S/C18H18N2O2S/c1-4-17-20-14-7-6-13(10-16(14)23-17)19-18(21)12-5-8-15(22-3)11(2)9-12/h5-10H,4H2,1-3H3,(H,19,21). The number of benzene rings is 2. The van der Waals surface area contributed by atoms with Gasteiger partial charge in [0.1, 0.15) is 5.75 Å². The van der Waals surface area contributed by atoms with E-state index in [9.17, 15) is 4.79 Å². The lowest BCUT2D eigenvalue weighted by atomic mass is 10.1. The van der Waals surface area contributed by atoms with E-state index in [1.165, 1.54) is 0 Å². The Morgan fingerprint density at radius 1 is 1.26 bits per heavy atom. The van der Waals surface area contributed by atoms with E-state index in [0.717, 1.165) is 38.6 Å². The third kappa shape index (κ3) is 3.19. The molecule has 0 saturated heterocycles. The summed E-state index contributed by atoms with van der Waals surface area (Å²) in [7, 11) is 1.62. The molecule has 0 bridgehead atoms. The van der Waals surface area contributed by atoms with Gasteiger partial charge in [-0.25, -0.2) is 4.98 Å². The number of anilines is 1. The number of carbonyl (C=O) groups is 1. The van der Waals surface area contributed by atoms with Crippen molar-refractivity contribution in [1.29, 1.82) is 0 Å². The second-order valence-electron chi connectivity index (χ2n) is 5.28. The van der Waals surface area contributed by atoms with Crippen LogP contribution in [-0.4, -0.2) is 18.0 Å². The van der Waals surface area contributed by atoms with Crippen LogP contribution in [0, 0.1) is 6.92 Å². The first-order valence-corrected chi connectivity index (χ1v) is 8.28. The van der Waals surface area contributed by atoms with E-state index in [1.54, 1.807) is 24.5 Å². The summed E-state index contributed by atoms with van der Waals surface area (Å²) in [4.78, 5) is 16.9. The fourth-order valence-electron chi connectivity index (χ4n) is 2.42. The highest BCUT2D eigenvalue weighted by Crippen LogP contribution is 2.26. The maximum Gasteiger partial charge on any atom is 0.255 e. The van der Waals surface area contributed by atoms with E-state index in [4.69, 9.17) is 4.74 Å². The number of methoxy groups -OCH3 is 1. The van der Waals surface area contributed by atoms with Crippen molar-refractivity contribution >= 4 is 33.1 Å². The van der Waals surface area contributed by atoms with Crippen LogP contribution in [0.2, 0.25) is 0 Å². The second-order valence-corrected chi connectivity index (χ2v) is 6.40. The van der Waals surface area contributed by atoms with Gasteiger partial charge in [-0.15, -0.1) is 11.3 Å². The van der Waals surface area contributed by atoms with Crippen LogP contribution in [0.1, 0.15) is 27.9 Å². The van der Waals surface area contributed by atoms with Crippen LogP contribution in [0.15, 0.2) is 36.4 Å². The van der Waals surface area contributed by atoms with Crippen LogP contribution in [-0.2, 0) is 6.42 Å². The molecule has 1 N–H and O–H groups in total. The Labute approximate surface area is 139 Å². The Morgan fingerprint density at radius 3 is 2.78 bits per heavy atom. The Balaban J connectivity index is 1.83. The molecule has 2 aromatic carbocycles. The molecule has 0 atom stereocenters. The van der Waals surface area contributed by atoms with E-state index in [1.807, 2.05) is 37.3 Å². The molecule has 23 heavy (non-hydrogen) atoms. The fourth-order valence-corrected chi connectivity index (χ4v) is 3.37. The number of thiazole rings is 1. The summed E-state index contributed by atoms with van der Waals surface area (Å²) in [5.41, 5.74) is 3.31. The zero-order chi connectivity index (χ0) is 16.4. The topological polar surface area (TPSA) is 51.2 Å². The number of aromatic nitrogens is 1. The van der Waals surface area contributed by atoms with Crippen molar-refractivity contribution in [2.24, 2.45) is 0 Å². The molecule has 0 unspecified atom stereocenters. The number of carbonyl (C=O) groups excluding carboxylic acids is 1. The van der Waals surface area contributed by atoms with Gasteiger partial charge in [-0.3, -0.25) is 4.79 Å². The number of amides is 1. The minimum absolute atomic E-state index is 0.129. The Bertz CT molecular complexity index is 871. The monoisotopic (exact) mass is 326 g/mol.